The smallest absolute Gasteiger partial charge is 0.463 e. The first-order valence-corrected chi connectivity index (χ1v) is 8.60. The molecule has 0 saturated carbocycles. The number of carbonyl (C=O) groups is 1. The summed E-state index contributed by atoms with van der Waals surface area (Å²) < 4.78 is 21.3. The predicted octanol–water partition coefficient (Wildman–Crippen LogP) is 2.54. The normalized spacial score (nSPS) is 11.3. The highest BCUT2D eigenvalue weighted by Crippen LogP contribution is 2.18. The van der Waals surface area contributed by atoms with Gasteiger partial charge in [-0.05, 0) is 19.8 Å². The van der Waals surface area contributed by atoms with E-state index in [4.69, 9.17) is 18.0 Å². The molecule has 0 amide bonds. The monoisotopic (exact) mass is 290 g/mol. The van der Waals surface area contributed by atoms with Crippen LogP contribution in [0.1, 0.15) is 32.6 Å². The van der Waals surface area contributed by atoms with Crippen molar-refractivity contribution in [1.29, 1.82) is 0 Å². The zero-order chi connectivity index (χ0) is 14.6. The Morgan fingerprint density at radius 3 is 2.32 bits per heavy atom. The van der Waals surface area contributed by atoms with Crippen LogP contribution in [0.15, 0.2) is 12.7 Å². The molecule has 0 spiro atoms. The fourth-order valence-corrected chi connectivity index (χ4v) is 3.80. The molecule has 0 aliphatic carbocycles. The fourth-order valence-electron chi connectivity index (χ4n) is 1.73. The van der Waals surface area contributed by atoms with E-state index in [1.807, 2.05) is 6.92 Å². The Morgan fingerprint density at radius 2 is 1.79 bits per heavy atom. The summed E-state index contributed by atoms with van der Waals surface area (Å²) in [7, 11) is 0.844. The minimum atomic E-state index is -2.43. The second-order valence-electron chi connectivity index (χ2n) is 4.06. The molecule has 0 aromatic carbocycles. The van der Waals surface area contributed by atoms with E-state index in [-0.39, 0.29) is 5.97 Å². The number of ether oxygens (including phenoxy) is 1. The second-order valence-corrected chi connectivity index (χ2v) is 7.03. The largest absolute Gasteiger partial charge is 0.500 e. The summed E-state index contributed by atoms with van der Waals surface area (Å²) in [5.41, 5.74) is 0. The van der Waals surface area contributed by atoms with Gasteiger partial charge in [0.25, 0.3) is 0 Å². The topological polar surface area (TPSA) is 54.0 Å². The molecule has 0 heterocycles. The van der Waals surface area contributed by atoms with Gasteiger partial charge in [-0.15, -0.1) is 0 Å². The van der Waals surface area contributed by atoms with Gasteiger partial charge in [-0.3, -0.25) is 0 Å². The number of hydrogen-bond acceptors (Lipinski definition) is 5. The summed E-state index contributed by atoms with van der Waals surface area (Å²) in [6.45, 7) is 6.33. The van der Waals surface area contributed by atoms with Crippen LogP contribution in [0.4, 0.5) is 0 Å². The molecule has 0 radical (unpaired) electrons. The molecule has 0 aromatic heterocycles. The Labute approximate surface area is 117 Å². The van der Waals surface area contributed by atoms with Crippen LogP contribution in [-0.2, 0) is 22.8 Å². The van der Waals surface area contributed by atoms with Gasteiger partial charge in [0.05, 0.1) is 6.61 Å². The van der Waals surface area contributed by atoms with Crippen LogP contribution in [0.25, 0.3) is 0 Å². The SMILES string of the molecule is C=CC(=O)OCCCCCC[Si](OC)(OC)OCC. The summed E-state index contributed by atoms with van der Waals surface area (Å²) in [6.07, 6.45) is 5.08. The first-order chi connectivity index (χ1) is 9.14. The fraction of sp³-hybridized carbons (Fsp3) is 0.769. The number of unbranched alkanes of at least 4 members (excludes halogenated alkanes) is 3. The Kier molecular flexibility index (Phi) is 10.8. The van der Waals surface area contributed by atoms with Crippen molar-refractivity contribution in [3.63, 3.8) is 0 Å². The molecule has 112 valence electrons. The lowest BCUT2D eigenvalue weighted by molar-refractivity contribution is -0.137. The zero-order valence-electron chi connectivity index (χ0n) is 12.3. The van der Waals surface area contributed by atoms with Crippen molar-refractivity contribution in [2.45, 2.75) is 38.7 Å². The van der Waals surface area contributed by atoms with Crippen molar-refractivity contribution in [1.82, 2.24) is 0 Å². The highest BCUT2D eigenvalue weighted by molar-refractivity contribution is 6.60. The van der Waals surface area contributed by atoms with E-state index in [0.29, 0.717) is 13.2 Å². The van der Waals surface area contributed by atoms with E-state index in [1.54, 1.807) is 14.2 Å². The van der Waals surface area contributed by atoms with Crippen LogP contribution in [0.5, 0.6) is 0 Å². The third-order valence-corrected chi connectivity index (χ3v) is 5.71. The maximum absolute atomic E-state index is 10.8. The lowest BCUT2D eigenvalue weighted by Gasteiger charge is -2.25. The van der Waals surface area contributed by atoms with Gasteiger partial charge in [0, 0.05) is 32.9 Å². The molecule has 0 bridgehead atoms. The van der Waals surface area contributed by atoms with Crippen molar-refractivity contribution in [2.24, 2.45) is 0 Å². The van der Waals surface area contributed by atoms with Crippen molar-refractivity contribution in [3.8, 4) is 0 Å². The number of esters is 1. The number of rotatable bonds is 12. The molecule has 0 saturated heterocycles. The molecule has 0 atom stereocenters. The molecule has 0 aliphatic heterocycles. The number of carbonyl (C=O) groups excluding carboxylic acids is 1. The van der Waals surface area contributed by atoms with Crippen molar-refractivity contribution in [2.75, 3.05) is 27.4 Å². The summed E-state index contributed by atoms with van der Waals surface area (Å²) in [6, 6.07) is 0.820. The van der Waals surface area contributed by atoms with E-state index in [1.165, 1.54) is 6.08 Å². The van der Waals surface area contributed by atoms with Crippen LogP contribution in [0.2, 0.25) is 6.04 Å². The van der Waals surface area contributed by atoms with Crippen molar-refractivity contribution in [3.05, 3.63) is 12.7 Å². The van der Waals surface area contributed by atoms with Gasteiger partial charge in [-0.1, -0.05) is 19.4 Å². The van der Waals surface area contributed by atoms with Gasteiger partial charge in [-0.25, -0.2) is 4.79 Å². The lowest BCUT2D eigenvalue weighted by atomic mass is 10.2. The zero-order valence-corrected chi connectivity index (χ0v) is 13.3. The van der Waals surface area contributed by atoms with E-state index in [9.17, 15) is 4.79 Å². The Balaban J connectivity index is 3.66. The molecular weight excluding hydrogens is 264 g/mol. The minimum Gasteiger partial charge on any atom is -0.463 e. The van der Waals surface area contributed by atoms with Gasteiger partial charge >= 0.3 is 14.8 Å². The highest BCUT2D eigenvalue weighted by atomic mass is 28.4. The molecule has 6 heteroatoms. The van der Waals surface area contributed by atoms with E-state index < -0.39 is 8.80 Å². The Bertz CT molecular complexity index is 253. The van der Waals surface area contributed by atoms with Gasteiger partial charge in [-0.2, -0.15) is 0 Å². The third kappa shape index (κ3) is 8.15. The van der Waals surface area contributed by atoms with Crippen LogP contribution < -0.4 is 0 Å². The molecule has 0 fully saturated rings. The first kappa shape index (κ1) is 18.3. The van der Waals surface area contributed by atoms with Crippen molar-refractivity contribution >= 4 is 14.8 Å². The maximum atomic E-state index is 10.8. The van der Waals surface area contributed by atoms with Crippen LogP contribution >= 0.6 is 0 Å². The highest BCUT2D eigenvalue weighted by Gasteiger charge is 2.37. The van der Waals surface area contributed by atoms with E-state index in [0.717, 1.165) is 31.7 Å². The van der Waals surface area contributed by atoms with Crippen LogP contribution in [0, 0.1) is 0 Å². The second kappa shape index (κ2) is 11.2. The van der Waals surface area contributed by atoms with Gasteiger partial charge < -0.3 is 18.0 Å². The predicted molar refractivity (Wildman–Crippen MR) is 75.8 cm³/mol. The molecule has 0 N–H and O–H groups in total. The summed E-state index contributed by atoms with van der Waals surface area (Å²) >= 11 is 0. The van der Waals surface area contributed by atoms with E-state index >= 15 is 0 Å². The quantitative estimate of drug-likeness (QED) is 0.239. The summed E-state index contributed by atoms with van der Waals surface area (Å²) in [5.74, 6) is -0.360. The van der Waals surface area contributed by atoms with Crippen LogP contribution in [-0.4, -0.2) is 42.2 Å². The molecular formula is C13H26O5Si. The van der Waals surface area contributed by atoms with Gasteiger partial charge in [0.1, 0.15) is 0 Å². The molecule has 5 nitrogen and oxygen atoms in total. The van der Waals surface area contributed by atoms with E-state index in [2.05, 4.69) is 6.58 Å². The molecule has 0 rings (SSSR count). The van der Waals surface area contributed by atoms with Gasteiger partial charge in [0.2, 0.25) is 0 Å². The molecule has 0 aromatic rings. The maximum Gasteiger partial charge on any atom is 0.500 e. The average molecular weight is 290 g/mol. The van der Waals surface area contributed by atoms with Crippen LogP contribution in [0.3, 0.4) is 0 Å². The molecule has 0 unspecified atom stereocenters. The summed E-state index contributed by atoms with van der Waals surface area (Å²) in [4.78, 5) is 10.8. The summed E-state index contributed by atoms with van der Waals surface area (Å²) in [5, 5.41) is 0. The van der Waals surface area contributed by atoms with Gasteiger partial charge in [0.15, 0.2) is 0 Å². The average Bonchev–Trinajstić information content (AvgIpc) is 2.44. The minimum absolute atomic E-state index is 0.360. The molecule has 0 aliphatic rings. The number of hydrogen-bond donors (Lipinski definition) is 0. The van der Waals surface area contributed by atoms with Crippen molar-refractivity contribution < 1.29 is 22.8 Å². The third-order valence-electron chi connectivity index (χ3n) is 2.77. The molecule has 19 heavy (non-hydrogen) atoms. The first-order valence-electron chi connectivity index (χ1n) is 6.67. The Hall–Kier alpha value is -0.693. The standard InChI is InChI=1S/C13H26O5Si/c1-5-13(14)17-11-9-7-8-10-12-19(15-3,16-4)18-6-2/h5H,1,6-12H2,2-4H3. The Morgan fingerprint density at radius 1 is 1.16 bits per heavy atom. The lowest BCUT2D eigenvalue weighted by Crippen LogP contribution is -2.43.